The summed E-state index contributed by atoms with van der Waals surface area (Å²) in [6.07, 6.45) is 16.2. The fraction of sp³-hybridized carbons (Fsp3) is 0.276. The zero-order valence-corrected chi connectivity index (χ0v) is 62.1. The SMILES string of the molecule is C.C.C.C=CC(=O)N1CC[C@@H](c2nc(-c3ccc(C(=O)Nc4ccccn4)cc3)c3c(C)ncc(OCC)n23)C1.CC#CC(=O)N1CCC[C@H]1c1nc(-c2ccc(C(=O)Nc3ccccn3)cc2)c2c(CO)nccn12.CC#CC(=O)N1CC[C@@H](c2nc(-c3ccc(C(=O)Nc4ccccn4)cc3)c3c(C)ncc(OCC)n23)C1. The molecule has 3 atom stereocenters. The van der Waals surface area contributed by atoms with E-state index < -0.39 is 0 Å². The first-order chi connectivity index (χ1) is 54.1. The number of carbonyl (C=O) groups is 6. The fourth-order valence-corrected chi connectivity index (χ4v) is 14.0. The van der Waals surface area contributed by atoms with Crippen molar-refractivity contribution >= 4 is 69.4 Å². The van der Waals surface area contributed by atoms with Gasteiger partial charge < -0.3 is 45.2 Å². The molecule has 0 saturated carbocycles. The number of aromatic nitrogens is 12. The van der Waals surface area contributed by atoms with Gasteiger partial charge in [-0.25, -0.2) is 29.9 Å². The normalized spacial score (nSPS) is 14.5. The van der Waals surface area contributed by atoms with Crippen molar-refractivity contribution < 1.29 is 43.3 Å². The van der Waals surface area contributed by atoms with E-state index in [1.165, 1.54) is 6.08 Å². The Morgan fingerprint density at radius 3 is 1.35 bits per heavy atom. The number of imidazole rings is 3. The zero-order chi connectivity index (χ0) is 77.7. The number of fused-ring (bicyclic) bond motifs is 3. The molecule has 0 aliphatic carbocycles. The van der Waals surface area contributed by atoms with Crippen molar-refractivity contribution in [2.75, 3.05) is 61.9 Å². The number of ether oxygens (including phenoxy) is 2. The van der Waals surface area contributed by atoms with Gasteiger partial charge in [0.05, 0.1) is 89.0 Å². The standard InChI is InChI=1S/C29H28N6O3.C28H28N6O3.C27H24N6O3.3CH4/c1-4-8-24(36)34-16-14-22(18-34)28-33-26(27-19(3)31-17-25(35(27)28)38-5-2)20-10-12-21(13-11-20)29(37)32-23-9-6-7-15-30-23;1-4-23(35)33-15-13-21(17-33)27-32-25(26-18(3)30-16-24(34(26)27)37-5-2)19-9-11-20(12-10-19)28(36)31-22-8-6-7-14-29-22;1-2-6-23(35)32-15-5-7-21(32)26-31-24(25-20(17-34)28-14-16-33(25)26)18-9-11-19(12-10-18)27(36)30-22-8-3-4-13-29-22;;;/h6-7,9-13,15,17,22H,5,14,16,18H2,1-3H3,(H,30,32,37);4,6-12,14,16,21H,1,5,13,15,17H2,2-3H3,(H,29,31,36);3-4,8-14,16,21,34H,5,7,15,17H2,1H3,(H,29,30,36);3*1H4/t22-;2*21-;;;/m110.../s1. The van der Waals surface area contributed by atoms with Crippen molar-refractivity contribution in [1.29, 1.82) is 0 Å². The molecule has 114 heavy (non-hydrogen) atoms. The summed E-state index contributed by atoms with van der Waals surface area (Å²) in [5.74, 6) is 14.5. The predicted octanol–water partition coefficient (Wildman–Crippen LogP) is 13.5. The predicted molar refractivity (Wildman–Crippen MR) is 438 cm³/mol. The van der Waals surface area contributed by atoms with Crippen LogP contribution in [0.15, 0.2) is 183 Å². The molecule has 27 nitrogen and oxygen atoms in total. The number of pyridine rings is 3. The molecule has 15 rings (SSSR count). The number of aliphatic hydroxyl groups excluding tert-OH is 1. The van der Waals surface area contributed by atoms with Gasteiger partial charge in [-0.3, -0.25) is 56.9 Å². The Hall–Kier alpha value is -13.8. The number of hydrogen-bond acceptors (Lipinski definition) is 18. The maximum Gasteiger partial charge on any atom is 0.299 e. The number of aryl methyl sites for hydroxylation is 2. The Bertz CT molecular complexity index is 5600. The molecule has 27 heteroatoms. The first-order valence-corrected chi connectivity index (χ1v) is 36.4. The highest BCUT2D eigenvalue weighted by atomic mass is 16.5. The topological polar surface area (TPSA) is 316 Å². The number of rotatable bonds is 18. The number of benzene rings is 3. The van der Waals surface area contributed by atoms with Gasteiger partial charge in [0.25, 0.3) is 29.5 Å². The highest BCUT2D eigenvalue weighted by Crippen LogP contribution is 2.40. The monoisotopic (exact) mass is 1530 g/mol. The van der Waals surface area contributed by atoms with Crippen LogP contribution in [0.2, 0.25) is 0 Å². The number of amides is 6. The van der Waals surface area contributed by atoms with Crippen LogP contribution < -0.4 is 25.4 Å². The number of carbonyl (C=O) groups excluding carboxylic acids is 6. The van der Waals surface area contributed by atoms with E-state index >= 15 is 0 Å². The van der Waals surface area contributed by atoms with E-state index in [0.717, 1.165) is 87.8 Å². The van der Waals surface area contributed by atoms with Crippen LogP contribution >= 0.6 is 0 Å². The summed E-state index contributed by atoms with van der Waals surface area (Å²) in [4.78, 5) is 122. The van der Waals surface area contributed by atoms with E-state index in [1.54, 1.807) is 151 Å². The van der Waals surface area contributed by atoms with Gasteiger partial charge in [-0.2, -0.15) is 0 Å². The summed E-state index contributed by atoms with van der Waals surface area (Å²) in [5, 5.41) is 18.4. The lowest BCUT2D eigenvalue weighted by Crippen LogP contribution is -2.30. The molecule has 6 amide bonds. The third-order valence-electron chi connectivity index (χ3n) is 19.2. The summed E-state index contributed by atoms with van der Waals surface area (Å²) >= 11 is 0. The Morgan fingerprint density at radius 2 is 0.939 bits per heavy atom. The van der Waals surface area contributed by atoms with Crippen molar-refractivity contribution in [2.24, 2.45) is 0 Å². The molecule has 0 radical (unpaired) electrons. The fourth-order valence-electron chi connectivity index (χ4n) is 14.0. The summed E-state index contributed by atoms with van der Waals surface area (Å²) in [6.45, 7) is 18.3. The van der Waals surface area contributed by atoms with Crippen LogP contribution in [0.5, 0.6) is 11.8 Å². The molecule has 3 saturated heterocycles. The molecule has 0 bridgehead atoms. The van der Waals surface area contributed by atoms with Gasteiger partial charge in [0.2, 0.25) is 17.7 Å². The lowest BCUT2D eigenvalue weighted by molar-refractivity contribution is -0.126. The molecule has 0 spiro atoms. The first kappa shape index (κ1) is 82.7. The minimum absolute atomic E-state index is 0. The number of hydrogen-bond donors (Lipinski definition) is 4. The largest absolute Gasteiger partial charge is 0.478 e. The molecule has 9 aromatic heterocycles. The van der Waals surface area contributed by atoms with Crippen LogP contribution in [0.3, 0.4) is 0 Å². The van der Waals surface area contributed by atoms with E-state index in [0.29, 0.717) is 115 Å². The van der Waals surface area contributed by atoms with E-state index in [9.17, 15) is 33.9 Å². The zero-order valence-electron chi connectivity index (χ0n) is 62.1. The van der Waals surface area contributed by atoms with Crippen LogP contribution in [-0.4, -0.2) is 159 Å². The Kier molecular flexibility index (Phi) is 27.4. The molecular formula is C87H92N18O9. The third kappa shape index (κ3) is 17.8. The second kappa shape index (κ2) is 37.8. The van der Waals surface area contributed by atoms with Crippen LogP contribution in [0.1, 0.15) is 159 Å². The smallest absolute Gasteiger partial charge is 0.299 e. The molecular weight excluding hydrogens is 1440 g/mol. The lowest BCUT2D eigenvalue weighted by Gasteiger charge is -2.21. The summed E-state index contributed by atoms with van der Waals surface area (Å²) in [5.41, 5.74) is 10.6. The molecule has 584 valence electrons. The average Bonchev–Trinajstić information content (AvgIpc) is 1.61. The second-order valence-corrected chi connectivity index (χ2v) is 26.2. The van der Waals surface area contributed by atoms with Crippen LogP contribution in [0.25, 0.3) is 50.3 Å². The molecule has 3 aliphatic rings. The van der Waals surface area contributed by atoms with Crippen LogP contribution in [0.4, 0.5) is 17.5 Å². The maximum absolute atomic E-state index is 12.7. The molecule has 3 aromatic carbocycles. The van der Waals surface area contributed by atoms with E-state index in [-0.39, 0.29) is 82.2 Å². The Morgan fingerprint density at radius 1 is 0.518 bits per heavy atom. The Balaban J connectivity index is 0.000000179. The third-order valence-corrected chi connectivity index (χ3v) is 19.2. The van der Waals surface area contributed by atoms with Crippen LogP contribution in [0, 0.1) is 37.5 Å². The summed E-state index contributed by atoms with van der Waals surface area (Å²) in [7, 11) is 0. The highest BCUT2D eigenvalue weighted by Gasteiger charge is 2.36. The lowest BCUT2D eigenvalue weighted by atomic mass is 10.1. The van der Waals surface area contributed by atoms with E-state index in [4.69, 9.17) is 24.4 Å². The molecule has 12 aromatic rings. The average molecular weight is 1530 g/mol. The number of anilines is 3. The number of nitrogens with one attached hydrogen (secondary N) is 3. The van der Waals surface area contributed by atoms with Crippen molar-refractivity contribution in [1.82, 2.24) is 72.8 Å². The number of likely N-dealkylation sites (tertiary alicyclic amines) is 3. The minimum Gasteiger partial charge on any atom is -0.478 e. The first-order valence-electron chi connectivity index (χ1n) is 36.4. The summed E-state index contributed by atoms with van der Waals surface area (Å²) in [6, 6.07) is 37.4. The summed E-state index contributed by atoms with van der Waals surface area (Å²) < 4.78 is 17.8. The Labute approximate surface area is 662 Å². The van der Waals surface area contributed by atoms with Crippen molar-refractivity contribution in [2.45, 2.75) is 114 Å². The van der Waals surface area contributed by atoms with Gasteiger partial charge in [-0.15, -0.1) is 0 Å². The van der Waals surface area contributed by atoms with Gasteiger partial charge in [-0.05, 0) is 158 Å². The van der Waals surface area contributed by atoms with Gasteiger partial charge in [0.1, 0.15) is 34.9 Å². The maximum atomic E-state index is 12.7. The second-order valence-electron chi connectivity index (χ2n) is 26.2. The van der Waals surface area contributed by atoms with E-state index in [2.05, 4.69) is 76.1 Å². The van der Waals surface area contributed by atoms with Gasteiger partial charge in [-0.1, -0.05) is 95.3 Å². The number of aliphatic hydroxyl groups is 1. The van der Waals surface area contributed by atoms with Crippen LogP contribution in [-0.2, 0) is 21.0 Å². The number of nitrogens with zero attached hydrogens (tertiary/aromatic N) is 15. The molecule has 3 fully saturated rings. The molecule has 3 aliphatic heterocycles. The quantitative estimate of drug-likeness (QED) is 0.0458. The van der Waals surface area contributed by atoms with E-state index in [1.807, 2.05) is 89.4 Å². The molecule has 0 unspecified atom stereocenters. The molecule has 4 N–H and O–H groups in total. The van der Waals surface area contributed by atoms with Crippen molar-refractivity contribution in [3.8, 4) is 69.2 Å². The minimum atomic E-state index is -0.273. The van der Waals surface area contributed by atoms with Gasteiger partial charge in [0, 0.05) is 109 Å². The van der Waals surface area contributed by atoms with Crippen molar-refractivity contribution in [3.63, 3.8) is 0 Å². The van der Waals surface area contributed by atoms with Crippen molar-refractivity contribution in [3.05, 3.63) is 235 Å². The molecule has 12 heterocycles. The van der Waals surface area contributed by atoms with Gasteiger partial charge in [0.15, 0.2) is 0 Å². The highest BCUT2D eigenvalue weighted by molar-refractivity contribution is 6.06. The van der Waals surface area contributed by atoms with Gasteiger partial charge >= 0.3 is 0 Å².